The number of aromatic hydroxyl groups is 2. The average Bonchev–Trinajstić information content (AvgIpc) is 2.27. The molecular weight excluding hydrogens is 214 g/mol. The SMILES string of the molecule is CONCc1cc(C(=O)OC)c(O)cc1O. The van der Waals surface area contributed by atoms with E-state index in [9.17, 15) is 15.0 Å². The zero-order chi connectivity index (χ0) is 12.1. The second-order valence-electron chi connectivity index (χ2n) is 3.01. The van der Waals surface area contributed by atoms with Gasteiger partial charge in [0.2, 0.25) is 0 Å². The first kappa shape index (κ1) is 12.3. The molecule has 6 heteroatoms. The van der Waals surface area contributed by atoms with Crippen LogP contribution < -0.4 is 5.48 Å². The molecule has 1 aromatic rings. The monoisotopic (exact) mass is 227 g/mol. The van der Waals surface area contributed by atoms with Crippen molar-refractivity contribution in [1.82, 2.24) is 5.48 Å². The lowest BCUT2D eigenvalue weighted by atomic mass is 10.1. The summed E-state index contributed by atoms with van der Waals surface area (Å²) < 4.78 is 4.48. The Hall–Kier alpha value is -1.79. The maximum absolute atomic E-state index is 11.3. The number of methoxy groups -OCH3 is 1. The number of esters is 1. The van der Waals surface area contributed by atoms with Crippen molar-refractivity contribution in [2.45, 2.75) is 6.54 Å². The van der Waals surface area contributed by atoms with E-state index in [4.69, 9.17) is 0 Å². The third-order valence-electron chi connectivity index (χ3n) is 2.01. The summed E-state index contributed by atoms with van der Waals surface area (Å²) in [7, 11) is 2.64. The van der Waals surface area contributed by atoms with Crippen LogP contribution in [0.3, 0.4) is 0 Å². The summed E-state index contributed by atoms with van der Waals surface area (Å²) in [6.07, 6.45) is 0. The number of benzene rings is 1. The van der Waals surface area contributed by atoms with Crippen LogP contribution in [0, 0.1) is 0 Å². The summed E-state index contributed by atoms with van der Waals surface area (Å²) >= 11 is 0. The Balaban J connectivity index is 3.06. The van der Waals surface area contributed by atoms with Crippen molar-refractivity contribution in [1.29, 1.82) is 0 Å². The van der Waals surface area contributed by atoms with Gasteiger partial charge in [-0.2, -0.15) is 5.48 Å². The van der Waals surface area contributed by atoms with E-state index in [-0.39, 0.29) is 23.6 Å². The number of phenolic OH excluding ortho intramolecular Hbond substituents is 2. The fourth-order valence-corrected chi connectivity index (χ4v) is 1.19. The number of hydrogen-bond acceptors (Lipinski definition) is 6. The van der Waals surface area contributed by atoms with E-state index in [0.29, 0.717) is 5.56 Å². The molecule has 0 spiro atoms. The smallest absolute Gasteiger partial charge is 0.341 e. The molecule has 0 fully saturated rings. The van der Waals surface area contributed by atoms with Crippen LogP contribution in [0.15, 0.2) is 12.1 Å². The van der Waals surface area contributed by atoms with Gasteiger partial charge in [0, 0.05) is 18.2 Å². The Morgan fingerprint density at radius 2 is 2.00 bits per heavy atom. The van der Waals surface area contributed by atoms with Crippen LogP contribution in [-0.2, 0) is 16.1 Å². The van der Waals surface area contributed by atoms with Crippen LogP contribution in [0.25, 0.3) is 0 Å². The number of rotatable bonds is 4. The van der Waals surface area contributed by atoms with E-state index in [2.05, 4.69) is 15.1 Å². The van der Waals surface area contributed by atoms with Gasteiger partial charge in [-0.15, -0.1) is 0 Å². The Labute approximate surface area is 92.4 Å². The topological polar surface area (TPSA) is 88.0 Å². The summed E-state index contributed by atoms with van der Waals surface area (Å²) in [5.74, 6) is -1.13. The van der Waals surface area contributed by atoms with Crippen LogP contribution in [-0.4, -0.2) is 30.4 Å². The number of phenols is 2. The minimum Gasteiger partial charge on any atom is -0.507 e. The molecule has 0 aliphatic rings. The largest absolute Gasteiger partial charge is 0.507 e. The molecule has 0 bridgehead atoms. The molecule has 6 nitrogen and oxygen atoms in total. The predicted octanol–water partition coefficient (Wildman–Crippen LogP) is 0.535. The first-order valence-electron chi connectivity index (χ1n) is 4.49. The van der Waals surface area contributed by atoms with Crippen molar-refractivity contribution in [2.75, 3.05) is 14.2 Å². The molecule has 16 heavy (non-hydrogen) atoms. The molecule has 0 atom stereocenters. The van der Waals surface area contributed by atoms with E-state index in [1.807, 2.05) is 0 Å². The third kappa shape index (κ3) is 2.62. The fourth-order valence-electron chi connectivity index (χ4n) is 1.19. The lowest BCUT2D eigenvalue weighted by Gasteiger charge is -2.09. The van der Waals surface area contributed by atoms with E-state index in [1.54, 1.807) is 0 Å². The molecule has 0 saturated heterocycles. The summed E-state index contributed by atoms with van der Waals surface area (Å²) in [6, 6.07) is 2.42. The summed E-state index contributed by atoms with van der Waals surface area (Å²) in [5, 5.41) is 18.9. The minimum atomic E-state index is -0.670. The lowest BCUT2D eigenvalue weighted by molar-refractivity contribution is 0.0596. The summed E-state index contributed by atoms with van der Waals surface area (Å²) in [4.78, 5) is 15.9. The van der Waals surface area contributed by atoms with Gasteiger partial charge in [0.05, 0.1) is 14.2 Å². The second kappa shape index (κ2) is 5.34. The first-order valence-corrected chi connectivity index (χ1v) is 4.49. The highest BCUT2D eigenvalue weighted by molar-refractivity contribution is 5.92. The molecule has 88 valence electrons. The van der Waals surface area contributed by atoms with Gasteiger partial charge in [-0.3, -0.25) is 0 Å². The quantitative estimate of drug-likeness (QED) is 0.514. The molecule has 1 rings (SSSR count). The van der Waals surface area contributed by atoms with Gasteiger partial charge < -0.3 is 19.8 Å². The van der Waals surface area contributed by atoms with E-state index < -0.39 is 5.97 Å². The molecule has 3 N–H and O–H groups in total. The molecule has 0 unspecified atom stereocenters. The molecule has 0 radical (unpaired) electrons. The predicted molar refractivity (Wildman–Crippen MR) is 55.0 cm³/mol. The molecular formula is C10H13NO5. The zero-order valence-electron chi connectivity index (χ0n) is 8.98. The fraction of sp³-hybridized carbons (Fsp3) is 0.300. The Kier molecular flexibility index (Phi) is 4.10. The molecule has 0 aliphatic heterocycles. The molecule has 0 aliphatic carbocycles. The highest BCUT2D eigenvalue weighted by atomic mass is 16.6. The summed E-state index contributed by atoms with van der Waals surface area (Å²) in [5.41, 5.74) is 2.93. The minimum absolute atomic E-state index is 0.00629. The molecule has 0 heterocycles. The second-order valence-corrected chi connectivity index (χ2v) is 3.01. The summed E-state index contributed by atoms with van der Waals surface area (Å²) in [6.45, 7) is 0.201. The number of ether oxygens (including phenoxy) is 1. The van der Waals surface area contributed by atoms with Crippen molar-refractivity contribution in [3.05, 3.63) is 23.3 Å². The van der Waals surface area contributed by atoms with Gasteiger partial charge in [-0.05, 0) is 6.07 Å². The molecule has 0 aromatic heterocycles. The highest BCUT2D eigenvalue weighted by Gasteiger charge is 2.15. The van der Waals surface area contributed by atoms with Crippen LogP contribution in [0.2, 0.25) is 0 Å². The molecule has 0 amide bonds. The zero-order valence-corrected chi connectivity index (χ0v) is 8.98. The van der Waals surface area contributed by atoms with Crippen LogP contribution in [0.5, 0.6) is 11.5 Å². The maximum atomic E-state index is 11.3. The van der Waals surface area contributed by atoms with E-state index in [0.717, 1.165) is 6.07 Å². The number of carbonyl (C=O) groups is 1. The number of hydrogen-bond donors (Lipinski definition) is 3. The van der Waals surface area contributed by atoms with Crippen molar-refractivity contribution < 1.29 is 24.6 Å². The third-order valence-corrected chi connectivity index (χ3v) is 2.01. The molecule has 0 saturated carbocycles. The van der Waals surface area contributed by atoms with Gasteiger partial charge in [0.25, 0.3) is 0 Å². The average molecular weight is 227 g/mol. The highest BCUT2D eigenvalue weighted by Crippen LogP contribution is 2.27. The number of hydroxylamine groups is 1. The van der Waals surface area contributed by atoms with Crippen LogP contribution >= 0.6 is 0 Å². The van der Waals surface area contributed by atoms with Gasteiger partial charge in [0.15, 0.2) is 0 Å². The van der Waals surface area contributed by atoms with Crippen LogP contribution in [0.4, 0.5) is 0 Å². The van der Waals surface area contributed by atoms with Crippen molar-refractivity contribution in [3.8, 4) is 11.5 Å². The van der Waals surface area contributed by atoms with Gasteiger partial charge in [-0.1, -0.05) is 0 Å². The Morgan fingerprint density at radius 3 is 2.56 bits per heavy atom. The Bertz CT molecular complexity index is 391. The van der Waals surface area contributed by atoms with Crippen molar-refractivity contribution in [2.24, 2.45) is 0 Å². The van der Waals surface area contributed by atoms with Gasteiger partial charge in [-0.25, -0.2) is 4.79 Å². The Morgan fingerprint density at radius 1 is 1.31 bits per heavy atom. The molecule has 1 aromatic carbocycles. The first-order chi connectivity index (χ1) is 7.60. The van der Waals surface area contributed by atoms with Crippen LogP contribution in [0.1, 0.15) is 15.9 Å². The lowest BCUT2D eigenvalue weighted by Crippen LogP contribution is -2.12. The van der Waals surface area contributed by atoms with E-state index >= 15 is 0 Å². The van der Waals surface area contributed by atoms with Crippen molar-refractivity contribution in [3.63, 3.8) is 0 Å². The number of nitrogens with one attached hydrogen (secondary N) is 1. The number of carbonyl (C=O) groups excluding carboxylic acids is 1. The standard InChI is InChI=1S/C10H13NO5/c1-15-10(14)7-3-6(5-11-16-2)8(12)4-9(7)13/h3-4,11-13H,5H2,1-2H3. The van der Waals surface area contributed by atoms with E-state index in [1.165, 1.54) is 20.3 Å². The normalized spacial score (nSPS) is 10.1. The van der Waals surface area contributed by atoms with Crippen molar-refractivity contribution >= 4 is 5.97 Å². The van der Waals surface area contributed by atoms with Gasteiger partial charge >= 0.3 is 5.97 Å². The maximum Gasteiger partial charge on any atom is 0.341 e. The van der Waals surface area contributed by atoms with Gasteiger partial charge in [0.1, 0.15) is 17.1 Å².